The van der Waals surface area contributed by atoms with Crippen LogP contribution in [0.1, 0.15) is 24.2 Å². The second-order valence-corrected chi connectivity index (χ2v) is 6.07. The zero-order chi connectivity index (χ0) is 20.0. The fraction of sp³-hybridized carbons (Fsp3) is 0.263. The highest BCUT2D eigenvalue weighted by Crippen LogP contribution is 2.39. The first-order chi connectivity index (χ1) is 12.9. The lowest BCUT2D eigenvalue weighted by atomic mass is 10.2. The Morgan fingerprint density at radius 3 is 2.33 bits per heavy atom. The summed E-state index contributed by atoms with van der Waals surface area (Å²) in [5, 5.41) is 0.141. The number of hydrogen-bond acceptors (Lipinski definition) is 6. The summed E-state index contributed by atoms with van der Waals surface area (Å²) in [6.07, 6.45) is -0.832. The molecule has 0 aliphatic heterocycles. The van der Waals surface area contributed by atoms with Crippen LogP contribution in [0.25, 0.3) is 0 Å². The van der Waals surface area contributed by atoms with Gasteiger partial charge in [-0.1, -0.05) is 35.3 Å². The van der Waals surface area contributed by atoms with Crippen molar-refractivity contribution >= 4 is 35.1 Å². The van der Waals surface area contributed by atoms with Crippen LogP contribution < -0.4 is 9.47 Å². The van der Waals surface area contributed by atoms with Gasteiger partial charge in [0.1, 0.15) is 11.3 Å². The summed E-state index contributed by atoms with van der Waals surface area (Å²) >= 11 is 12.3. The number of ether oxygens (including phenoxy) is 4. The summed E-state index contributed by atoms with van der Waals surface area (Å²) in [6, 6.07) is 9.71. The Labute approximate surface area is 166 Å². The minimum Gasteiger partial charge on any atom is -0.475 e. The predicted octanol–water partition coefficient (Wildman–Crippen LogP) is 4.90. The highest BCUT2D eigenvalue weighted by Gasteiger charge is 2.22. The lowest BCUT2D eigenvalue weighted by molar-refractivity contribution is -0.150. The normalized spacial score (nSPS) is 11.4. The largest absolute Gasteiger partial charge is 0.475 e. The van der Waals surface area contributed by atoms with Crippen molar-refractivity contribution in [3.05, 3.63) is 52.0 Å². The number of benzene rings is 2. The molecule has 0 N–H and O–H groups in total. The maximum atomic E-state index is 11.9. The summed E-state index contributed by atoms with van der Waals surface area (Å²) in [7, 11) is 1.22. The van der Waals surface area contributed by atoms with Crippen LogP contribution >= 0.6 is 23.2 Å². The molecular weight excluding hydrogens is 395 g/mol. The maximum Gasteiger partial charge on any atom is 0.347 e. The van der Waals surface area contributed by atoms with Gasteiger partial charge < -0.3 is 18.9 Å². The first kappa shape index (κ1) is 20.9. The minimum absolute atomic E-state index is 0.00240. The Balaban J connectivity index is 2.31. The fourth-order valence-corrected chi connectivity index (χ4v) is 2.71. The summed E-state index contributed by atoms with van der Waals surface area (Å²) in [6.45, 7) is 3.53. The topological polar surface area (TPSA) is 71.1 Å². The first-order valence-electron chi connectivity index (χ1n) is 8.05. The molecule has 0 heterocycles. The van der Waals surface area contributed by atoms with Crippen molar-refractivity contribution < 1.29 is 28.5 Å². The lowest BCUT2D eigenvalue weighted by Gasteiger charge is -2.17. The molecule has 0 saturated carbocycles. The van der Waals surface area contributed by atoms with Crippen molar-refractivity contribution in [1.82, 2.24) is 0 Å². The lowest BCUT2D eigenvalue weighted by Crippen LogP contribution is -2.26. The van der Waals surface area contributed by atoms with E-state index >= 15 is 0 Å². The van der Waals surface area contributed by atoms with Gasteiger partial charge in [0.05, 0.1) is 23.8 Å². The molecule has 0 bridgehead atoms. The molecule has 1 atom stereocenters. The SMILES string of the molecule is CCOC(=O)C(C)Oc1ccccc1Oc1ccc(Cl)c(C(=O)OC)c1Cl. The van der Waals surface area contributed by atoms with Crippen LogP contribution in [0.4, 0.5) is 0 Å². The minimum atomic E-state index is -0.832. The average molecular weight is 413 g/mol. The Kier molecular flexibility index (Phi) is 7.33. The fourth-order valence-electron chi connectivity index (χ4n) is 2.15. The maximum absolute atomic E-state index is 11.9. The molecular formula is C19H18Cl2O6. The third kappa shape index (κ3) is 5.05. The van der Waals surface area contributed by atoms with E-state index in [9.17, 15) is 9.59 Å². The molecule has 0 fully saturated rings. The van der Waals surface area contributed by atoms with Crippen molar-refractivity contribution in [2.75, 3.05) is 13.7 Å². The van der Waals surface area contributed by atoms with Crippen molar-refractivity contribution in [1.29, 1.82) is 0 Å². The molecule has 0 spiro atoms. The smallest absolute Gasteiger partial charge is 0.347 e. The molecule has 0 aliphatic carbocycles. The van der Waals surface area contributed by atoms with Gasteiger partial charge >= 0.3 is 11.9 Å². The van der Waals surface area contributed by atoms with E-state index in [-0.39, 0.29) is 28.0 Å². The highest BCUT2D eigenvalue weighted by molar-refractivity contribution is 6.40. The van der Waals surface area contributed by atoms with Gasteiger partial charge in [-0.2, -0.15) is 0 Å². The van der Waals surface area contributed by atoms with Crippen LogP contribution in [-0.4, -0.2) is 31.8 Å². The third-order valence-corrected chi connectivity index (χ3v) is 4.13. The molecule has 0 aliphatic rings. The van der Waals surface area contributed by atoms with Gasteiger partial charge in [0.15, 0.2) is 17.6 Å². The van der Waals surface area contributed by atoms with Gasteiger partial charge in [0.2, 0.25) is 0 Å². The van der Waals surface area contributed by atoms with Crippen molar-refractivity contribution in [2.24, 2.45) is 0 Å². The van der Waals surface area contributed by atoms with E-state index in [1.165, 1.54) is 19.2 Å². The first-order valence-corrected chi connectivity index (χ1v) is 8.81. The third-order valence-electron chi connectivity index (χ3n) is 3.44. The van der Waals surface area contributed by atoms with E-state index in [4.69, 9.17) is 37.4 Å². The summed E-state index contributed by atoms with van der Waals surface area (Å²) in [5.41, 5.74) is -0.00313. The number of carbonyl (C=O) groups is 2. The van der Waals surface area contributed by atoms with Gasteiger partial charge in [-0.05, 0) is 38.1 Å². The predicted molar refractivity (Wildman–Crippen MR) is 101 cm³/mol. The van der Waals surface area contributed by atoms with E-state index in [0.29, 0.717) is 11.5 Å². The van der Waals surface area contributed by atoms with Gasteiger partial charge in [-0.15, -0.1) is 0 Å². The average Bonchev–Trinajstić information content (AvgIpc) is 2.65. The van der Waals surface area contributed by atoms with Gasteiger partial charge in [0.25, 0.3) is 0 Å². The zero-order valence-electron chi connectivity index (χ0n) is 15.0. The Bertz CT molecular complexity index is 837. The summed E-state index contributed by atoms with van der Waals surface area (Å²) < 4.78 is 21.0. The van der Waals surface area contributed by atoms with Crippen LogP contribution in [0.15, 0.2) is 36.4 Å². The van der Waals surface area contributed by atoms with Crippen LogP contribution in [0.3, 0.4) is 0 Å². The molecule has 0 radical (unpaired) electrons. The molecule has 0 aromatic heterocycles. The molecule has 144 valence electrons. The zero-order valence-corrected chi connectivity index (χ0v) is 16.5. The van der Waals surface area contributed by atoms with Crippen LogP contribution in [0.5, 0.6) is 17.2 Å². The van der Waals surface area contributed by atoms with Gasteiger partial charge in [-0.25, -0.2) is 9.59 Å². The second kappa shape index (κ2) is 9.48. The molecule has 6 nitrogen and oxygen atoms in total. The molecule has 27 heavy (non-hydrogen) atoms. The molecule has 8 heteroatoms. The van der Waals surface area contributed by atoms with Crippen molar-refractivity contribution in [3.63, 3.8) is 0 Å². The van der Waals surface area contributed by atoms with Gasteiger partial charge in [0, 0.05) is 0 Å². The van der Waals surface area contributed by atoms with E-state index in [2.05, 4.69) is 4.74 Å². The molecule has 2 aromatic carbocycles. The molecule has 2 aromatic rings. The van der Waals surface area contributed by atoms with Crippen molar-refractivity contribution in [3.8, 4) is 17.2 Å². The van der Waals surface area contributed by atoms with E-state index < -0.39 is 18.0 Å². The number of rotatable bonds is 7. The van der Waals surface area contributed by atoms with E-state index in [1.54, 1.807) is 38.1 Å². The van der Waals surface area contributed by atoms with E-state index in [0.717, 1.165) is 0 Å². The Morgan fingerprint density at radius 2 is 1.70 bits per heavy atom. The summed E-state index contributed by atoms with van der Waals surface area (Å²) in [5.74, 6) is -0.389. The number of methoxy groups -OCH3 is 1. The number of esters is 2. The highest BCUT2D eigenvalue weighted by atomic mass is 35.5. The second-order valence-electron chi connectivity index (χ2n) is 5.29. The van der Waals surface area contributed by atoms with Crippen LogP contribution in [0.2, 0.25) is 10.0 Å². The van der Waals surface area contributed by atoms with Crippen molar-refractivity contribution in [2.45, 2.75) is 20.0 Å². The number of para-hydroxylation sites is 2. The quantitative estimate of drug-likeness (QED) is 0.602. The van der Waals surface area contributed by atoms with Crippen LogP contribution in [-0.2, 0) is 14.3 Å². The molecule has 2 rings (SSSR count). The van der Waals surface area contributed by atoms with E-state index in [1.807, 2.05) is 0 Å². The van der Waals surface area contributed by atoms with Crippen LogP contribution in [0, 0.1) is 0 Å². The Hall–Kier alpha value is -2.44. The molecule has 1 unspecified atom stereocenters. The number of halogens is 2. The summed E-state index contributed by atoms with van der Waals surface area (Å²) in [4.78, 5) is 23.7. The monoisotopic (exact) mass is 412 g/mol. The number of carbonyl (C=O) groups excluding carboxylic acids is 2. The number of hydrogen-bond donors (Lipinski definition) is 0. The standard InChI is InChI=1S/C19H18Cl2O6/c1-4-25-18(22)11(2)26-13-7-5-6-8-14(13)27-15-10-9-12(20)16(17(15)21)19(23)24-3/h5-11H,4H2,1-3H3. The molecule has 0 saturated heterocycles. The molecule has 0 amide bonds. The van der Waals surface area contributed by atoms with Gasteiger partial charge in [-0.3, -0.25) is 0 Å². The Morgan fingerprint density at radius 1 is 1.04 bits per heavy atom.